The van der Waals surface area contributed by atoms with Crippen molar-refractivity contribution in [1.82, 2.24) is 5.32 Å². The first-order valence-corrected chi connectivity index (χ1v) is 9.84. The largest absolute Gasteiger partial charge is 0.374 e. The SMILES string of the molecule is CS(=O)(=O)CCCNC1CCOC2(CCSC2)C1. The van der Waals surface area contributed by atoms with Crippen LogP contribution in [-0.4, -0.2) is 56.7 Å². The minimum atomic E-state index is -2.82. The molecule has 2 atom stereocenters. The first kappa shape index (κ1) is 14.6. The number of ether oxygens (including phenoxy) is 1. The van der Waals surface area contributed by atoms with Crippen LogP contribution in [0.15, 0.2) is 0 Å². The average Bonchev–Trinajstić information content (AvgIpc) is 2.72. The van der Waals surface area contributed by atoms with Gasteiger partial charge >= 0.3 is 0 Å². The van der Waals surface area contributed by atoms with Gasteiger partial charge in [-0.25, -0.2) is 8.42 Å². The number of hydrogen-bond donors (Lipinski definition) is 1. The van der Waals surface area contributed by atoms with Gasteiger partial charge in [-0.05, 0) is 38.0 Å². The van der Waals surface area contributed by atoms with Crippen molar-refractivity contribution in [2.45, 2.75) is 37.3 Å². The third-order valence-corrected chi connectivity index (χ3v) is 5.94. The molecule has 18 heavy (non-hydrogen) atoms. The lowest BCUT2D eigenvalue weighted by atomic mass is 9.90. The zero-order chi connectivity index (χ0) is 13.1. The first-order valence-electron chi connectivity index (χ1n) is 6.62. The lowest BCUT2D eigenvalue weighted by Gasteiger charge is -2.38. The van der Waals surface area contributed by atoms with Crippen LogP contribution in [0, 0.1) is 0 Å². The van der Waals surface area contributed by atoms with Crippen LogP contribution in [0.5, 0.6) is 0 Å². The van der Waals surface area contributed by atoms with Crippen LogP contribution in [0.2, 0.25) is 0 Å². The van der Waals surface area contributed by atoms with Gasteiger partial charge in [-0.1, -0.05) is 0 Å². The van der Waals surface area contributed by atoms with E-state index in [1.54, 1.807) is 0 Å². The van der Waals surface area contributed by atoms with E-state index in [0.717, 1.165) is 31.7 Å². The minimum absolute atomic E-state index is 0.109. The van der Waals surface area contributed by atoms with Gasteiger partial charge in [0.25, 0.3) is 0 Å². The van der Waals surface area contributed by atoms with Gasteiger partial charge in [0.1, 0.15) is 9.84 Å². The standard InChI is InChI=1S/C12H23NO3S2/c1-18(14,15)8-2-5-13-11-3-6-16-12(9-11)4-7-17-10-12/h11,13H,2-10H2,1H3. The Kier molecular flexibility index (Phi) is 4.97. The highest BCUT2D eigenvalue weighted by Gasteiger charge is 2.40. The zero-order valence-corrected chi connectivity index (χ0v) is 12.6. The van der Waals surface area contributed by atoms with Crippen molar-refractivity contribution in [1.29, 1.82) is 0 Å². The van der Waals surface area contributed by atoms with Crippen LogP contribution in [0.4, 0.5) is 0 Å². The second-order valence-electron chi connectivity index (χ2n) is 5.46. The highest BCUT2D eigenvalue weighted by atomic mass is 32.2. The fourth-order valence-electron chi connectivity index (χ4n) is 2.71. The minimum Gasteiger partial charge on any atom is -0.374 e. The van der Waals surface area contributed by atoms with Crippen LogP contribution in [0.1, 0.15) is 25.7 Å². The Balaban J connectivity index is 1.70. The summed E-state index contributed by atoms with van der Waals surface area (Å²) in [4.78, 5) is 0. The predicted molar refractivity (Wildman–Crippen MR) is 76.0 cm³/mol. The summed E-state index contributed by atoms with van der Waals surface area (Å²) in [6.45, 7) is 1.63. The van der Waals surface area contributed by atoms with Gasteiger partial charge in [0, 0.05) is 24.7 Å². The number of sulfone groups is 1. The highest BCUT2D eigenvalue weighted by Crippen LogP contribution is 2.38. The molecule has 2 aliphatic rings. The Morgan fingerprint density at radius 1 is 1.50 bits per heavy atom. The van der Waals surface area contributed by atoms with Gasteiger partial charge in [0.05, 0.1) is 11.4 Å². The molecule has 4 nitrogen and oxygen atoms in total. The summed E-state index contributed by atoms with van der Waals surface area (Å²) in [6, 6.07) is 0.497. The monoisotopic (exact) mass is 293 g/mol. The molecule has 0 bridgehead atoms. The maximum absolute atomic E-state index is 11.0. The lowest BCUT2D eigenvalue weighted by molar-refractivity contribution is -0.0700. The normalized spacial score (nSPS) is 33.1. The van der Waals surface area contributed by atoms with Gasteiger partial charge < -0.3 is 10.1 Å². The van der Waals surface area contributed by atoms with E-state index in [1.165, 1.54) is 18.4 Å². The Labute approximate surface area is 114 Å². The van der Waals surface area contributed by atoms with Crippen molar-refractivity contribution in [3.8, 4) is 0 Å². The maximum Gasteiger partial charge on any atom is 0.147 e. The number of nitrogens with one attached hydrogen (secondary N) is 1. The number of rotatable bonds is 5. The summed E-state index contributed by atoms with van der Waals surface area (Å²) in [5.74, 6) is 2.61. The Morgan fingerprint density at radius 2 is 2.33 bits per heavy atom. The third-order valence-electron chi connectivity index (χ3n) is 3.69. The molecular weight excluding hydrogens is 270 g/mol. The highest BCUT2D eigenvalue weighted by molar-refractivity contribution is 7.99. The van der Waals surface area contributed by atoms with Gasteiger partial charge in [0.15, 0.2) is 0 Å². The van der Waals surface area contributed by atoms with Crippen LogP contribution in [0.25, 0.3) is 0 Å². The molecule has 6 heteroatoms. The van der Waals surface area contributed by atoms with Crippen molar-refractivity contribution < 1.29 is 13.2 Å². The van der Waals surface area contributed by atoms with E-state index in [0.29, 0.717) is 12.5 Å². The van der Waals surface area contributed by atoms with Gasteiger partial charge in [0.2, 0.25) is 0 Å². The molecule has 2 fully saturated rings. The van der Waals surface area contributed by atoms with Crippen LogP contribution in [0.3, 0.4) is 0 Å². The summed E-state index contributed by atoms with van der Waals surface area (Å²) >= 11 is 1.98. The topological polar surface area (TPSA) is 55.4 Å². The number of hydrogen-bond acceptors (Lipinski definition) is 5. The molecular formula is C12H23NO3S2. The van der Waals surface area contributed by atoms with Crippen molar-refractivity contribution in [3.05, 3.63) is 0 Å². The second kappa shape index (κ2) is 6.11. The predicted octanol–water partition coefficient (Wildman–Crippen LogP) is 1.07. The van der Waals surface area contributed by atoms with Crippen molar-refractivity contribution in [2.75, 3.05) is 36.7 Å². The molecule has 0 amide bonds. The van der Waals surface area contributed by atoms with E-state index in [2.05, 4.69) is 5.32 Å². The smallest absolute Gasteiger partial charge is 0.147 e. The van der Waals surface area contributed by atoms with E-state index >= 15 is 0 Å². The van der Waals surface area contributed by atoms with E-state index in [1.807, 2.05) is 11.8 Å². The second-order valence-corrected chi connectivity index (χ2v) is 8.83. The van der Waals surface area contributed by atoms with Gasteiger partial charge in [-0.3, -0.25) is 0 Å². The quantitative estimate of drug-likeness (QED) is 0.768. The average molecular weight is 293 g/mol. The van der Waals surface area contributed by atoms with Crippen molar-refractivity contribution >= 4 is 21.6 Å². The molecule has 2 rings (SSSR count). The molecule has 2 saturated heterocycles. The first-order chi connectivity index (χ1) is 8.49. The maximum atomic E-state index is 11.0. The third kappa shape index (κ3) is 4.40. The molecule has 0 aromatic heterocycles. The van der Waals surface area contributed by atoms with E-state index in [4.69, 9.17) is 4.74 Å². The fraction of sp³-hybridized carbons (Fsp3) is 1.00. The molecule has 0 saturated carbocycles. The molecule has 1 N–H and O–H groups in total. The molecule has 2 heterocycles. The van der Waals surface area contributed by atoms with E-state index < -0.39 is 9.84 Å². The van der Waals surface area contributed by atoms with E-state index in [-0.39, 0.29) is 11.4 Å². The summed E-state index contributed by atoms with van der Waals surface area (Å²) in [5, 5.41) is 3.49. The Bertz CT molecular complexity index is 364. The van der Waals surface area contributed by atoms with Crippen molar-refractivity contribution in [3.63, 3.8) is 0 Å². The molecule has 0 aromatic rings. The molecule has 2 aliphatic heterocycles. The fourth-order valence-corrected chi connectivity index (χ4v) is 4.75. The Morgan fingerprint density at radius 3 is 3.00 bits per heavy atom. The van der Waals surface area contributed by atoms with Crippen LogP contribution >= 0.6 is 11.8 Å². The molecule has 2 unspecified atom stereocenters. The summed E-state index contributed by atoms with van der Waals surface area (Å²) in [6.07, 6.45) is 5.30. The van der Waals surface area contributed by atoms with E-state index in [9.17, 15) is 8.42 Å². The van der Waals surface area contributed by atoms with Crippen LogP contribution in [-0.2, 0) is 14.6 Å². The van der Waals surface area contributed by atoms with Gasteiger partial charge in [-0.2, -0.15) is 11.8 Å². The number of thioether (sulfide) groups is 1. The molecule has 1 spiro atoms. The molecule has 0 aromatic carbocycles. The molecule has 106 valence electrons. The summed E-state index contributed by atoms with van der Waals surface area (Å²) < 4.78 is 28.0. The molecule has 0 radical (unpaired) electrons. The van der Waals surface area contributed by atoms with Gasteiger partial charge in [-0.15, -0.1) is 0 Å². The Hall–Kier alpha value is 0.220. The van der Waals surface area contributed by atoms with Crippen molar-refractivity contribution in [2.24, 2.45) is 0 Å². The summed E-state index contributed by atoms with van der Waals surface area (Å²) in [5.41, 5.74) is 0.109. The lowest BCUT2D eigenvalue weighted by Crippen LogP contribution is -2.47. The zero-order valence-electron chi connectivity index (χ0n) is 11.0. The molecule has 0 aliphatic carbocycles. The van der Waals surface area contributed by atoms with Crippen LogP contribution < -0.4 is 5.32 Å². The summed E-state index contributed by atoms with van der Waals surface area (Å²) in [7, 11) is -2.82.